The van der Waals surface area contributed by atoms with Gasteiger partial charge in [0, 0.05) is 18.6 Å². The first-order valence-corrected chi connectivity index (χ1v) is 8.87. The predicted molar refractivity (Wildman–Crippen MR) is 90.8 cm³/mol. The minimum absolute atomic E-state index is 0.0551. The highest BCUT2D eigenvalue weighted by atomic mass is 32.1. The van der Waals surface area contributed by atoms with Crippen LogP contribution in [0.5, 0.6) is 0 Å². The van der Waals surface area contributed by atoms with E-state index in [1.165, 1.54) is 5.56 Å². The van der Waals surface area contributed by atoms with E-state index in [1.54, 1.807) is 17.5 Å². The number of nitrogens with zero attached hydrogens (tertiary/aromatic N) is 3. The van der Waals surface area contributed by atoms with Crippen molar-refractivity contribution in [3.05, 3.63) is 34.3 Å². The lowest BCUT2D eigenvalue weighted by molar-refractivity contribution is 0.286. The maximum Gasteiger partial charge on any atom is 0.201 e. The van der Waals surface area contributed by atoms with Gasteiger partial charge >= 0.3 is 0 Å². The third-order valence-electron chi connectivity index (χ3n) is 4.46. The summed E-state index contributed by atoms with van der Waals surface area (Å²) in [6, 6.07) is 2.19. The average molecular weight is 329 g/mol. The van der Waals surface area contributed by atoms with E-state index in [2.05, 4.69) is 42.3 Å². The fourth-order valence-electron chi connectivity index (χ4n) is 3.01. The summed E-state index contributed by atoms with van der Waals surface area (Å²) in [6.45, 7) is 0.997. The second-order valence-electron chi connectivity index (χ2n) is 5.98. The summed E-state index contributed by atoms with van der Waals surface area (Å²) in [5.74, 6) is 0.730. The molecular weight excluding hydrogens is 310 g/mol. The highest BCUT2D eigenvalue weighted by Crippen LogP contribution is 2.54. The minimum Gasteiger partial charge on any atom is -0.396 e. The van der Waals surface area contributed by atoms with Crippen LogP contribution >= 0.6 is 11.3 Å². The van der Waals surface area contributed by atoms with Gasteiger partial charge in [-0.05, 0) is 48.1 Å². The van der Waals surface area contributed by atoms with Crippen molar-refractivity contribution in [1.29, 1.82) is 0 Å². The number of hydrogen-bond acceptors (Lipinski definition) is 6. The van der Waals surface area contributed by atoms with Gasteiger partial charge in [0.1, 0.15) is 11.3 Å². The molecule has 0 spiro atoms. The van der Waals surface area contributed by atoms with Crippen molar-refractivity contribution in [3.8, 4) is 0 Å². The van der Waals surface area contributed by atoms with E-state index in [1.807, 2.05) is 0 Å². The first-order chi connectivity index (χ1) is 11.3. The van der Waals surface area contributed by atoms with Gasteiger partial charge in [-0.25, -0.2) is 9.97 Å². The van der Waals surface area contributed by atoms with Crippen molar-refractivity contribution in [2.75, 3.05) is 18.5 Å². The van der Waals surface area contributed by atoms with Crippen LogP contribution < -0.4 is 5.32 Å². The highest BCUT2D eigenvalue weighted by molar-refractivity contribution is 7.08. The van der Waals surface area contributed by atoms with Crippen LogP contribution in [-0.2, 0) is 5.41 Å². The molecule has 1 fully saturated rings. The summed E-state index contributed by atoms with van der Waals surface area (Å²) in [7, 11) is 0. The smallest absolute Gasteiger partial charge is 0.201 e. The Balaban J connectivity index is 1.59. The van der Waals surface area contributed by atoms with Crippen molar-refractivity contribution in [1.82, 2.24) is 20.2 Å². The second kappa shape index (κ2) is 5.90. The molecule has 1 aliphatic rings. The van der Waals surface area contributed by atoms with Crippen molar-refractivity contribution in [2.24, 2.45) is 0 Å². The normalized spacial score (nSPS) is 15.9. The lowest BCUT2D eigenvalue weighted by Crippen LogP contribution is -2.09. The molecule has 0 aliphatic heterocycles. The number of anilines is 1. The molecule has 4 rings (SSSR count). The van der Waals surface area contributed by atoms with Crippen LogP contribution in [0.25, 0.3) is 11.2 Å². The zero-order valence-electron chi connectivity index (χ0n) is 12.7. The molecule has 3 aromatic rings. The van der Waals surface area contributed by atoms with Gasteiger partial charge in [-0.2, -0.15) is 16.4 Å². The van der Waals surface area contributed by atoms with E-state index in [4.69, 9.17) is 5.11 Å². The molecule has 3 heterocycles. The second-order valence-corrected chi connectivity index (χ2v) is 6.76. The topological polar surface area (TPSA) is 86.7 Å². The zero-order valence-corrected chi connectivity index (χ0v) is 13.6. The fraction of sp³-hybridized carbons (Fsp3) is 0.438. The minimum atomic E-state index is 0.0551. The number of hydrogen-bond donors (Lipinski definition) is 3. The number of aromatic amines is 1. The molecule has 1 saturated carbocycles. The standard InChI is InChI=1S/C16H19N5OS/c22-7-2-1-6-17-12-9-18-13-14(20-21-15(13)19-12)16(4-5-16)11-3-8-23-10-11/h3,8-10,22H,1-2,4-7H2,(H2,17,19,20,21). The van der Waals surface area contributed by atoms with E-state index < -0.39 is 0 Å². The molecule has 0 unspecified atom stereocenters. The number of aliphatic hydroxyl groups excluding tert-OH is 1. The zero-order chi connectivity index (χ0) is 15.7. The average Bonchev–Trinajstić information content (AvgIpc) is 3.02. The summed E-state index contributed by atoms with van der Waals surface area (Å²) >= 11 is 1.73. The first kappa shape index (κ1) is 14.6. The maximum atomic E-state index is 8.80. The Morgan fingerprint density at radius 3 is 3.00 bits per heavy atom. The van der Waals surface area contributed by atoms with E-state index in [-0.39, 0.29) is 12.0 Å². The summed E-state index contributed by atoms with van der Waals surface area (Å²) in [6.07, 6.45) is 5.72. The lowest BCUT2D eigenvalue weighted by atomic mass is 9.94. The van der Waals surface area contributed by atoms with Crippen molar-refractivity contribution in [2.45, 2.75) is 31.1 Å². The van der Waals surface area contributed by atoms with Crippen LogP contribution in [0.3, 0.4) is 0 Å². The molecule has 0 bridgehead atoms. The predicted octanol–water partition coefficient (Wildman–Crippen LogP) is 2.68. The van der Waals surface area contributed by atoms with Gasteiger partial charge < -0.3 is 10.4 Å². The third kappa shape index (κ3) is 2.60. The molecule has 120 valence electrons. The van der Waals surface area contributed by atoms with Gasteiger partial charge in [0.2, 0.25) is 5.65 Å². The number of rotatable bonds is 7. The van der Waals surface area contributed by atoms with Crippen molar-refractivity contribution in [3.63, 3.8) is 0 Å². The molecule has 1 aliphatic carbocycles. The Labute approximate surface area is 138 Å². The maximum absolute atomic E-state index is 8.80. The number of fused-ring (bicyclic) bond motifs is 1. The Morgan fingerprint density at radius 2 is 2.26 bits per heavy atom. The molecular formula is C16H19N5OS. The summed E-state index contributed by atoms with van der Waals surface area (Å²) in [5.41, 5.74) is 4.02. The summed E-state index contributed by atoms with van der Waals surface area (Å²) in [5, 5.41) is 23.9. The van der Waals surface area contributed by atoms with Gasteiger partial charge in [-0.15, -0.1) is 0 Å². The van der Waals surface area contributed by atoms with Crippen LogP contribution in [-0.4, -0.2) is 38.4 Å². The Morgan fingerprint density at radius 1 is 1.35 bits per heavy atom. The fourth-order valence-corrected chi connectivity index (χ4v) is 3.77. The Bertz CT molecular complexity index is 794. The number of aliphatic hydroxyl groups is 1. The van der Waals surface area contributed by atoms with Crippen molar-refractivity contribution >= 4 is 28.3 Å². The third-order valence-corrected chi connectivity index (χ3v) is 5.14. The van der Waals surface area contributed by atoms with E-state index in [0.717, 1.165) is 49.3 Å². The van der Waals surface area contributed by atoms with Crippen LogP contribution in [0.2, 0.25) is 0 Å². The largest absolute Gasteiger partial charge is 0.396 e. The van der Waals surface area contributed by atoms with Gasteiger partial charge in [0.15, 0.2) is 0 Å². The number of unbranched alkanes of at least 4 members (excludes halogenated alkanes) is 1. The van der Waals surface area contributed by atoms with Crippen LogP contribution in [0.1, 0.15) is 36.9 Å². The molecule has 0 aromatic carbocycles. The quantitative estimate of drug-likeness (QED) is 0.580. The SMILES string of the molecule is OCCCCNc1cnc2c(C3(c4ccsc4)CC3)[nH]nc2n1. The Kier molecular flexibility index (Phi) is 3.74. The molecule has 3 aromatic heterocycles. The molecule has 3 N–H and O–H groups in total. The van der Waals surface area contributed by atoms with Gasteiger partial charge in [-0.3, -0.25) is 5.10 Å². The molecule has 0 amide bonds. The van der Waals surface area contributed by atoms with Crippen LogP contribution in [0.15, 0.2) is 23.0 Å². The molecule has 0 atom stereocenters. The number of nitrogens with one attached hydrogen (secondary N) is 2. The van der Waals surface area contributed by atoms with Crippen molar-refractivity contribution < 1.29 is 5.11 Å². The summed E-state index contributed by atoms with van der Waals surface area (Å²) in [4.78, 5) is 9.13. The monoisotopic (exact) mass is 329 g/mol. The molecule has 23 heavy (non-hydrogen) atoms. The van der Waals surface area contributed by atoms with Gasteiger partial charge in [-0.1, -0.05) is 0 Å². The Hall–Kier alpha value is -1.99. The highest BCUT2D eigenvalue weighted by Gasteiger charge is 2.49. The lowest BCUT2D eigenvalue weighted by Gasteiger charge is -2.11. The first-order valence-electron chi connectivity index (χ1n) is 7.92. The molecule has 0 saturated heterocycles. The summed E-state index contributed by atoms with van der Waals surface area (Å²) < 4.78 is 0. The molecule has 6 nitrogen and oxygen atoms in total. The van der Waals surface area contributed by atoms with Gasteiger partial charge in [0.25, 0.3) is 0 Å². The molecule has 0 radical (unpaired) electrons. The number of thiophene rings is 1. The van der Waals surface area contributed by atoms with Crippen LogP contribution in [0.4, 0.5) is 5.82 Å². The number of H-pyrrole nitrogens is 1. The van der Waals surface area contributed by atoms with E-state index >= 15 is 0 Å². The van der Waals surface area contributed by atoms with Gasteiger partial charge in [0.05, 0.1) is 11.9 Å². The van der Waals surface area contributed by atoms with E-state index in [9.17, 15) is 0 Å². The van der Waals surface area contributed by atoms with E-state index in [0.29, 0.717) is 5.65 Å². The molecule has 7 heteroatoms. The van der Waals surface area contributed by atoms with Crippen LogP contribution in [0, 0.1) is 0 Å². The number of aromatic nitrogens is 4.